The van der Waals surface area contributed by atoms with E-state index in [1.54, 1.807) is 0 Å². The Hall–Kier alpha value is -1.37. The predicted octanol–water partition coefficient (Wildman–Crippen LogP) is 2.98. The standard InChI is InChI=1S/C14H14BrNO3S/c1-16(10-11-5-7-12(15)8-6-11)20(18,19)14-4-2-3-13(17)9-14/h2-9,17H,10H2,1H3. The molecule has 1 N–H and O–H groups in total. The zero-order valence-corrected chi connectivity index (χ0v) is 13.2. The van der Waals surface area contributed by atoms with Gasteiger partial charge in [-0.25, -0.2) is 8.42 Å². The first-order valence-electron chi connectivity index (χ1n) is 5.89. The van der Waals surface area contributed by atoms with Crippen molar-refractivity contribution < 1.29 is 13.5 Å². The van der Waals surface area contributed by atoms with Gasteiger partial charge in [-0.05, 0) is 35.9 Å². The third-order valence-corrected chi connectivity index (χ3v) is 5.17. The van der Waals surface area contributed by atoms with Crippen LogP contribution in [0.3, 0.4) is 0 Å². The fraction of sp³-hybridized carbons (Fsp3) is 0.143. The largest absolute Gasteiger partial charge is 0.508 e. The van der Waals surface area contributed by atoms with Crippen molar-refractivity contribution in [2.75, 3.05) is 7.05 Å². The van der Waals surface area contributed by atoms with E-state index in [1.807, 2.05) is 24.3 Å². The molecule has 0 heterocycles. The van der Waals surface area contributed by atoms with Gasteiger partial charge < -0.3 is 5.11 Å². The van der Waals surface area contributed by atoms with Gasteiger partial charge in [-0.3, -0.25) is 0 Å². The van der Waals surface area contributed by atoms with Gasteiger partial charge in [0.05, 0.1) is 4.90 Å². The number of hydrogen-bond acceptors (Lipinski definition) is 3. The summed E-state index contributed by atoms with van der Waals surface area (Å²) in [5.41, 5.74) is 0.888. The van der Waals surface area contributed by atoms with Crippen LogP contribution in [-0.4, -0.2) is 24.9 Å². The number of phenols is 1. The fourth-order valence-electron chi connectivity index (χ4n) is 1.76. The Labute approximate surface area is 126 Å². The van der Waals surface area contributed by atoms with Gasteiger partial charge in [-0.15, -0.1) is 0 Å². The Morgan fingerprint density at radius 1 is 1.15 bits per heavy atom. The second-order valence-corrected chi connectivity index (χ2v) is 7.35. The number of halogens is 1. The lowest BCUT2D eigenvalue weighted by molar-refractivity contribution is 0.460. The zero-order valence-electron chi connectivity index (χ0n) is 10.8. The van der Waals surface area contributed by atoms with Crippen molar-refractivity contribution in [1.82, 2.24) is 4.31 Å². The van der Waals surface area contributed by atoms with Crippen molar-refractivity contribution in [3.63, 3.8) is 0 Å². The molecule has 2 rings (SSSR count). The fourth-order valence-corrected chi connectivity index (χ4v) is 3.22. The first kappa shape index (κ1) is 15.0. The van der Waals surface area contributed by atoms with Gasteiger partial charge in [0.15, 0.2) is 0 Å². The summed E-state index contributed by atoms with van der Waals surface area (Å²) in [6.45, 7) is 0.269. The number of benzene rings is 2. The minimum absolute atomic E-state index is 0.0666. The molecule has 0 aromatic heterocycles. The maximum atomic E-state index is 12.4. The lowest BCUT2D eigenvalue weighted by Gasteiger charge is -2.17. The topological polar surface area (TPSA) is 57.6 Å². The Morgan fingerprint density at radius 3 is 2.40 bits per heavy atom. The molecular formula is C14H14BrNO3S. The van der Waals surface area contributed by atoms with Crippen LogP contribution in [-0.2, 0) is 16.6 Å². The van der Waals surface area contributed by atoms with Crippen LogP contribution < -0.4 is 0 Å². The molecule has 0 saturated carbocycles. The van der Waals surface area contributed by atoms with E-state index in [0.29, 0.717) is 0 Å². The van der Waals surface area contributed by atoms with Crippen molar-refractivity contribution in [2.24, 2.45) is 0 Å². The molecule has 6 heteroatoms. The summed E-state index contributed by atoms with van der Waals surface area (Å²) in [5.74, 6) is -0.0666. The maximum absolute atomic E-state index is 12.4. The average Bonchev–Trinajstić information content (AvgIpc) is 2.41. The van der Waals surface area contributed by atoms with Crippen LogP contribution in [0.2, 0.25) is 0 Å². The number of nitrogens with zero attached hydrogens (tertiary/aromatic N) is 1. The van der Waals surface area contributed by atoms with Crippen molar-refractivity contribution in [2.45, 2.75) is 11.4 Å². The smallest absolute Gasteiger partial charge is 0.243 e. The molecule has 0 aliphatic carbocycles. The Balaban J connectivity index is 2.23. The monoisotopic (exact) mass is 355 g/mol. The lowest BCUT2D eigenvalue weighted by Crippen LogP contribution is -2.26. The number of hydrogen-bond donors (Lipinski definition) is 1. The molecule has 0 fully saturated rings. The quantitative estimate of drug-likeness (QED) is 0.916. The summed E-state index contributed by atoms with van der Waals surface area (Å²) >= 11 is 3.34. The molecule has 4 nitrogen and oxygen atoms in total. The molecule has 106 valence electrons. The first-order valence-corrected chi connectivity index (χ1v) is 8.13. The van der Waals surface area contributed by atoms with Crippen molar-refractivity contribution >= 4 is 26.0 Å². The highest BCUT2D eigenvalue weighted by atomic mass is 79.9. The molecule has 2 aromatic rings. The van der Waals surface area contributed by atoms with Gasteiger partial charge in [0.1, 0.15) is 5.75 Å². The third-order valence-electron chi connectivity index (χ3n) is 2.84. The molecule has 0 amide bonds. The third kappa shape index (κ3) is 3.39. The summed E-state index contributed by atoms with van der Waals surface area (Å²) in [6, 6.07) is 13.1. The van der Waals surface area contributed by atoms with Crippen molar-refractivity contribution in [3.05, 3.63) is 58.6 Å². The Kier molecular flexibility index (Phi) is 4.47. The second-order valence-electron chi connectivity index (χ2n) is 4.38. The number of aromatic hydroxyl groups is 1. The molecule has 2 aromatic carbocycles. The van der Waals surface area contributed by atoms with Gasteiger partial charge in [0.2, 0.25) is 10.0 Å². The van der Waals surface area contributed by atoms with E-state index in [2.05, 4.69) is 15.9 Å². The van der Waals surface area contributed by atoms with Gasteiger partial charge in [-0.2, -0.15) is 4.31 Å². The van der Waals surface area contributed by atoms with E-state index in [4.69, 9.17) is 0 Å². The highest BCUT2D eigenvalue weighted by Gasteiger charge is 2.21. The molecule has 0 aliphatic heterocycles. The molecule has 0 radical (unpaired) electrons. The highest BCUT2D eigenvalue weighted by Crippen LogP contribution is 2.21. The van der Waals surface area contributed by atoms with Crippen LogP contribution in [0, 0.1) is 0 Å². The molecule has 0 unspecified atom stereocenters. The van der Waals surface area contributed by atoms with Crippen LogP contribution in [0.4, 0.5) is 0 Å². The Bertz CT molecular complexity index is 699. The molecule has 0 atom stereocenters. The van der Waals surface area contributed by atoms with Gasteiger partial charge in [0.25, 0.3) is 0 Å². The lowest BCUT2D eigenvalue weighted by atomic mass is 10.2. The van der Waals surface area contributed by atoms with Crippen molar-refractivity contribution in [1.29, 1.82) is 0 Å². The Morgan fingerprint density at radius 2 is 1.80 bits per heavy atom. The molecule has 0 bridgehead atoms. The summed E-state index contributed by atoms with van der Waals surface area (Å²) < 4.78 is 26.9. The van der Waals surface area contributed by atoms with E-state index >= 15 is 0 Å². The normalized spacial score (nSPS) is 11.8. The predicted molar refractivity (Wildman–Crippen MR) is 80.9 cm³/mol. The van der Waals surface area contributed by atoms with Gasteiger partial charge in [-0.1, -0.05) is 34.1 Å². The number of phenolic OH excluding ortho intramolecular Hbond substituents is 1. The summed E-state index contributed by atoms with van der Waals surface area (Å²) in [5, 5.41) is 9.39. The van der Waals surface area contributed by atoms with E-state index < -0.39 is 10.0 Å². The van der Waals surface area contributed by atoms with Crippen LogP contribution in [0.1, 0.15) is 5.56 Å². The van der Waals surface area contributed by atoms with E-state index in [1.165, 1.54) is 35.6 Å². The highest BCUT2D eigenvalue weighted by molar-refractivity contribution is 9.10. The summed E-state index contributed by atoms with van der Waals surface area (Å²) in [7, 11) is -2.09. The van der Waals surface area contributed by atoms with Gasteiger partial charge in [0, 0.05) is 18.1 Å². The first-order chi connectivity index (χ1) is 9.39. The van der Waals surface area contributed by atoms with Crippen LogP contribution in [0.5, 0.6) is 5.75 Å². The number of sulfonamides is 1. The molecule has 0 spiro atoms. The zero-order chi connectivity index (χ0) is 14.8. The minimum atomic E-state index is -3.61. The maximum Gasteiger partial charge on any atom is 0.243 e. The van der Waals surface area contributed by atoms with Crippen LogP contribution in [0.25, 0.3) is 0 Å². The molecule has 0 saturated heterocycles. The molecular weight excluding hydrogens is 342 g/mol. The van der Waals surface area contributed by atoms with E-state index in [-0.39, 0.29) is 17.2 Å². The summed E-state index contributed by atoms with van der Waals surface area (Å²) in [6.07, 6.45) is 0. The van der Waals surface area contributed by atoms with Crippen LogP contribution in [0.15, 0.2) is 57.9 Å². The SMILES string of the molecule is CN(Cc1ccc(Br)cc1)S(=O)(=O)c1cccc(O)c1. The number of rotatable bonds is 4. The summed E-state index contributed by atoms with van der Waals surface area (Å²) in [4.78, 5) is 0.0807. The van der Waals surface area contributed by atoms with Gasteiger partial charge >= 0.3 is 0 Å². The average molecular weight is 356 g/mol. The molecule has 20 heavy (non-hydrogen) atoms. The second kappa shape index (κ2) is 5.95. The van der Waals surface area contributed by atoms with Crippen molar-refractivity contribution in [3.8, 4) is 5.75 Å². The van der Waals surface area contributed by atoms with E-state index in [0.717, 1.165) is 10.0 Å². The minimum Gasteiger partial charge on any atom is -0.508 e. The molecule has 0 aliphatic rings. The van der Waals surface area contributed by atoms with Crippen LogP contribution >= 0.6 is 15.9 Å². The van der Waals surface area contributed by atoms with E-state index in [9.17, 15) is 13.5 Å².